The molecule has 0 saturated carbocycles. The average molecular weight is 337 g/mol. The number of H-pyrrole nitrogens is 1. The van der Waals surface area contributed by atoms with E-state index in [1.165, 1.54) is 12.1 Å². The van der Waals surface area contributed by atoms with Crippen molar-refractivity contribution in [2.45, 2.75) is 13.5 Å². The summed E-state index contributed by atoms with van der Waals surface area (Å²) in [5.41, 5.74) is 3.55. The van der Waals surface area contributed by atoms with Gasteiger partial charge in [0.05, 0.1) is 28.8 Å². The molecule has 1 N–H and O–H groups in total. The first kappa shape index (κ1) is 15.3. The van der Waals surface area contributed by atoms with Crippen molar-refractivity contribution in [3.8, 4) is 0 Å². The molecule has 1 amide bonds. The summed E-state index contributed by atoms with van der Waals surface area (Å²) in [6.07, 6.45) is 3.64. The fourth-order valence-corrected chi connectivity index (χ4v) is 2.87. The Kier molecular flexibility index (Phi) is 3.49. The van der Waals surface area contributed by atoms with Gasteiger partial charge in [0.15, 0.2) is 0 Å². The Morgan fingerprint density at radius 2 is 2.08 bits per heavy atom. The maximum atomic E-state index is 13.3. The van der Waals surface area contributed by atoms with Crippen molar-refractivity contribution in [1.82, 2.24) is 24.3 Å². The fourth-order valence-electron chi connectivity index (χ4n) is 2.87. The van der Waals surface area contributed by atoms with Crippen molar-refractivity contribution in [2.24, 2.45) is 0 Å². The lowest BCUT2D eigenvalue weighted by Gasteiger charge is -2.15. The Morgan fingerprint density at radius 1 is 1.24 bits per heavy atom. The third kappa shape index (κ3) is 2.84. The predicted molar refractivity (Wildman–Crippen MR) is 91.8 cm³/mol. The molecule has 0 atom stereocenters. The average Bonchev–Trinajstić information content (AvgIpc) is 3.14. The van der Waals surface area contributed by atoms with E-state index in [-0.39, 0.29) is 11.7 Å². The number of aryl methyl sites for hydroxylation is 1. The number of benzene rings is 1. The Bertz CT molecular complexity index is 1100. The van der Waals surface area contributed by atoms with E-state index in [0.717, 1.165) is 11.3 Å². The van der Waals surface area contributed by atoms with Crippen LogP contribution in [0.25, 0.3) is 16.7 Å². The summed E-state index contributed by atoms with van der Waals surface area (Å²) in [6, 6.07) is 7.95. The number of nitrogens with one attached hydrogen (secondary N) is 1. The van der Waals surface area contributed by atoms with E-state index >= 15 is 0 Å². The zero-order chi connectivity index (χ0) is 17.6. The molecule has 0 bridgehead atoms. The molecule has 126 valence electrons. The van der Waals surface area contributed by atoms with Crippen molar-refractivity contribution in [3.05, 3.63) is 65.6 Å². The number of nitrogens with zero attached hydrogens (tertiary/aromatic N) is 4. The molecule has 1 aromatic carbocycles. The van der Waals surface area contributed by atoms with E-state index in [1.807, 2.05) is 23.6 Å². The van der Waals surface area contributed by atoms with Gasteiger partial charge >= 0.3 is 0 Å². The number of carbonyl (C=O) groups is 1. The van der Waals surface area contributed by atoms with Gasteiger partial charge in [-0.05, 0) is 37.3 Å². The number of rotatable bonds is 3. The van der Waals surface area contributed by atoms with Crippen LogP contribution in [-0.4, -0.2) is 37.2 Å². The number of fused-ring (bicyclic) bond motifs is 2. The van der Waals surface area contributed by atoms with Crippen LogP contribution in [0.2, 0.25) is 0 Å². The molecule has 0 unspecified atom stereocenters. The van der Waals surface area contributed by atoms with Gasteiger partial charge < -0.3 is 14.3 Å². The number of aromatic amines is 1. The maximum absolute atomic E-state index is 13.3. The molecule has 3 aromatic heterocycles. The highest BCUT2D eigenvalue weighted by Crippen LogP contribution is 2.15. The smallest absolute Gasteiger partial charge is 0.255 e. The quantitative estimate of drug-likeness (QED) is 0.625. The minimum atomic E-state index is -0.323. The van der Waals surface area contributed by atoms with Gasteiger partial charge in [-0.1, -0.05) is 0 Å². The summed E-state index contributed by atoms with van der Waals surface area (Å²) in [5.74, 6) is 0.159. The lowest BCUT2D eigenvalue weighted by atomic mass is 10.2. The SMILES string of the molecule is Cc1cn2cc(C(=O)N(C)Cc3nc4ccc(F)cc4[nH]3)ccc2n1. The number of hydrogen-bond donors (Lipinski definition) is 1. The first-order chi connectivity index (χ1) is 12.0. The summed E-state index contributed by atoms with van der Waals surface area (Å²) in [6.45, 7) is 2.21. The molecule has 3 heterocycles. The summed E-state index contributed by atoms with van der Waals surface area (Å²) >= 11 is 0. The van der Waals surface area contributed by atoms with E-state index in [2.05, 4.69) is 15.0 Å². The Morgan fingerprint density at radius 3 is 2.92 bits per heavy atom. The maximum Gasteiger partial charge on any atom is 0.255 e. The zero-order valence-corrected chi connectivity index (χ0v) is 13.8. The van der Waals surface area contributed by atoms with Gasteiger partial charge in [-0.3, -0.25) is 4.79 Å². The Balaban J connectivity index is 1.57. The highest BCUT2D eigenvalue weighted by atomic mass is 19.1. The lowest BCUT2D eigenvalue weighted by molar-refractivity contribution is 0.0781. The molecule has 6 nitrogen and oxygen atoms in total. The van der Waals surface area contributed by atoms with Crippen molar-refractivity contribution in [3.63, 3.8) is 0 Å². The topological polar surface area (TPSA) is 66.3 Å². The number of halogens is 1. The van der Waals surface area contributed by atoms with Gasteiger partial charge in [0.1, 0.15) is 17.3 Å². The molecular formula is C18H16FN5O. The number of imidazole rings is 2. The van der Waals surface area contributed by atoms with Gasteiger partial charge in [0.25, 0.3) is 5.91 Å². The van der Waals surface area contributed by atoms with E-state index in [9.17, 15) is 9.18 Å². The second kappa shape index (κ2) is 5.70. The van der Waals surface area contributed by atoms with E-state index in [0.29, 0.717) is 29.0 Å². The van der Waals surface area contributed by atoms with Crippen LogP contribution >= 0.6 is 0 Å². The molecule has 0 aliphatic carbocycles. The summed E-state index contributed by atoms with van der Waals surface area (Å²) < 4.78 is 15.1. The zero-order valence-electron chi connectivity index (χ0n) is 13.8. The second-order valence-corrected chi connectivity index (χ2v) is 6.07. The number of pyridine rings is 1. The van der Waals surface area contributed by atoms with Crippen LogP contribution in [0.5, 0.6) is 0 Å². The predicted octanol–water partition coefficient (Wildman–Crippen LogP) is 2.93. The van der Waals surface area contributed by atoms with Gasteiger partial charge in [-0.25, -0.2) is 14.4 Å². The highest BCUT2D eigenvalue weighted by Gasteiger charge is 2.15. The van der Waals surface area contributed by atoms with Crippen molar-refractivity contribution >= 4 is 22.6 Å². The summed E-state index contributed by atoms with van der Waals surface area (Å²) in [4.78, 5) is 26.0. The van der Waals surface area contributed by atoms with Crippen molar-refractivity contribution in [2.75, 3.05) is 7.05 Å². The molecular weight excluding hydrogens is 321 g/mol. The van der Waals surface area contributed by atoms with Crippen molar-refractivity contribution < 1.29 is 9.18 Å². The molecule has 25 heavy (non-hydrogen) atoms. The number of amides is 1. The molecule has 0 aliphatic rings. The normalized spacial score (nSPS) is 11.3. The molecule has 0 radical (unpaired) electrons. The summed E-state index contributed by atoms with van der Waals surface area (Å²) in [5, 5.41) is 0. The van der Waals surface area contributed by atoms with Crippen LogP contribution in [-0.2, 0) is 6.54 Å². The number of aromatic nitrogens is 4. The highest BCUT2D eigenvalue weighted by molar-refractivity contribution is 5.94. The van der Waals surface area contributed by atoms with Crippen LogP contribution in [0.15, 0.2) is 42.7 Å². The van der Waals surface area contributed by atoms with E-state index in [4.69, 9.17) is 0 Å². The molecule has 0 saturated heterocycles. The lowest BCUT2D eigenvalue weighted by Crippen LogP contribution is -2.26. The largest absolute Gasteiger partial charge is 0.340 e. The third-order valence-corrected chi connectivity index (χ3v) is 4.05. The second-order valence-electron chi connectivity index (χ2n) is 6.07. The molecule has 4 rings (SSSR count). The van der Waals surface area contributed by atoms with Crippen LogP contribution in [0.4, 0.5) is 4.39 Å². The van der Waals surface area contributed by atoms with Crippen molar-refractivity contribution in [1.29, 1.82) is 0 Å². The van der Waals surface area contributed by atoms with Crippen LogP contribution in [0, 0.1) is 12.7 Å². The minimum absolute atomic E-state index is 0.125. The Labute approximate surface area is 142 Å². The number of hydrogen-bond acceptors (Lipinski definition) is 3. The standard InChI is InChI=1S/C18H16FN5O/c1-11-8-24-9-12(3-6-17(24)20-11)18(25)23(2)10-16-21-14-5-4-13(19)7-15(14)22-16/h3-9H,10H2,1-2H3,(H,21,22). The van der Waals surface area contributed by atoms with Gasteiger partial charge in [0, 0.05) is 19.4 Å². The van der Waals surface area contributed by atoms with E-state index in [1.54, 1.807) is 30.3 Å². The van der Waals surface area contributed by atoms with Gasteiger partial charge in [0.2, 0.25) is 0 Å². The Hall–Kier alpha value is -3.22. The minimum Gasteiger partial charge on any atom is -0.340 e. The molecule has 0 aliphatic heterocycles. The van der Waals surface area contributed by atoms with Crippen LogP contribution in [0.3, 0.4) is 0 Å². The van der Waals surface area contributed by atoms with Gasteiger partial charge in [-0.15, -0.1) is 0 Å². The molecule has 7 heteroatoms. The third-order valence-electron chi connectivity index (χ3n) is 4.05. The van der Waals surface area contributed by atoms with Crippen LogP contribution < -0.4 is 0 Å². The van der Waals surface area contributed by atoms with Gasteiger partial charge in [-0.2, -0.15) is 0 Å². The fraction of sp³-hybridized carbons (Fsp3) is 0.167. The first-order valence-corrected chi connectivity index (χ1v) is 7.84. The molecule has 0 spiro atoms. The van der Waals surface area contributed by atoms with Crippen LogP contribution in [0.1, 0.15) is 21.9 Å². The molecule has 0 fully saturated rings. The van der Waals surface area contributed by atoms with E-state index < -0.39 is 0 Å². The summed E-state index contributed by atoms with van der Waals surface area (Å²) in [7, 11) is 1.71. The molecule has 4 aromatic rings. The first-order valence-electron chi connectivity index (χ1n) is 7.84. The monoisotopic (exact) mass is 337 g/mol. The number of carbonyl (C=O) groups excluding carboxylic acids is 1.